The van der Waals surface area contributed by atoms with Crippen LogP contribution in [0.2, 0.25) is 0 Å². The quantitative estimate of drug-likeness (QED) is 0.722. The van der Waals surface area contributed by atoms with E-state index in [1.807, 2.05) is 7.11 Å². The average Bonchev–Trinajstić information content (AvgIpc) is 2.54. The van der Waals surface area contributed by atoms with Gasteiger partial charge in [-0.15, -0.1) is 0 Å². The van der Waals surface area contributed by atoms with E-state index in [4.69, 9.17) is 4.74 Å². The van der Waals surface area contributed by atoms with E-state index in [2.05, 4.69) is 33.0 Å². The van der Waals surface area contributed by atoms with Crippen LogP contribution in [0.15, 0.2) is 0 Å². The zero-order chi connectivity index (χ0) is 14.3. The van der Waals surface area contributed by atoms with Gasteiger partial charge < -0.3 is 10.1 Å². The Morgan fingerprint density at radius 3 is 2.47 bits per heavy atom. The van der Waals surface area contributed by atoms with Crippen molar-refractivity contribution in [1.29, 1.82) is 0 Å². The van der Waals surface area contributed by atoms with E-state index < -0.39 is 0 Å². The third-order valence-electron chi connectivity index (χ3n) is 4.67. The highest BCUT2D eigenvalue weighted by molar-refractivity contribution is 4.83. The molecule has 3 atom stereocenters. The minimum atomic E-state index is 0.476. The van der Waals surface area contributed by atoms with Crippen LogP contribution in [-0.2, 0) is 4.74 Å². The van der Waals surface area contributed by atoms with Gasteiger partial charge in [-0.05, 0) is 43.4 Å². The van der Waals surface area contributed by atoms with Crippen LogP contribution >= 0.6 is 0 Å². The van der Waals surface area contributed by atoms with E-state index in [0.717, 1.165) is 12.5 Å². The molecular formula is C17H35NO. The second kappa shape index (κ2) is 8.26. The fourth-order valence-electron chi connectivity index (χ4n) is 3.43. The summed E-state index contributed by atoms with van der Waals surface area (Å²) in [5.41, 5.74) is 0.476. The van der Waals surface area contributed by atoms with Crippen LogP contribution in [0.25, 0.3) is 0 Å². The van der Waals surface area contributed by atoms with Gasteiger partial charge in [0.25, 0.3) is 0 Å². The summed E-state index contributed by atoms with van der Waals surface area (Å²) in [6.07, 6.45) is 9.32. The van der Waals surface area contributed by atoms with Crippen molar-refractivity contribution in [2.75, 3.05) is 13.7 Å². The molecule has 1 aliphatic rings. The molecule has 0 aliphatic heterocycles. The standard InChI is InChI=1S/C17H35NO/c1-6-8-16(13-19-5)18-15-10-7-9-14(11-12-15)17(2,3)4/h14-16,18H,6-13H2,1-5H3. The lowest BCUT2D eigenvalue weighted by atomic mass is 9.76. The van der Waals surface area contributed by atoms with Gasteiger partial charge in [0.05, 0.1) is 6.61 Å². The first kappa shape index (κ1) is 17.0. The smallest absolute Gasteiger partial charge is 0.0615 e. The summed E-state index contributed by atoms with van der Waals surface area (Å²) in [5, 5.41) is 3.84. The lowest BCUT2D eigenvalue weighted by Gasteiger charge is -2.30. The van der Waals surface area contributed by atoms with Gasteiger partial charge in [-0.3, -0.25) is 0 Å². The molecule has 1 aliphatic carbocycles. The average molecular weight is 269 g/mol. The topological polar surface area (TPSA) is 21.3 Å². The molecule has 0 aromatic rings. The molecule has 0 amide bonds. The fourth-order valence-corrected chi connectivity index (χ4v) is 3.43. The Morgan fingerprint density at radius 1 is 1.16 bits per heavy atom. The van der Waals surface area contributed by atoms with Crippen LogP contribution in [0.4, 0.5) is 0 Å². The predicted molar refractivity (Wildman–Crippen MR) is 83.5 cm³/mol. The summed E-state index contributed by atoms with van der Waals surface area (Å²) >= 11 is 0. The number of hydrogen-bond acceptors (Lipinski definition) is 2. The van der Waals surface area contributed by atoms with Gasteiger partial charge in [0.15, 0.2) is 0 Å². The lowest BCUT2D eigenvalue weighted by molar-refractivity contribution is 0.153. The Morgan fingerprint density at radius 2 is 1.89 bits per heavy atom. The molecule has 2 nitrogen and oxygen atoms in total. The fraction of sp³-hybridized carbons (Fsp3) is 1.00. The summed E-state index contributed by atoms with van der Waals surface area (Å²) in [6, 6.07) is 1.25. The number of methoxy groups -OCH3 is 1. The predicted octanol–water partition coefficient (Wildman–Crippen LogP) is 4.39. The molecule has 0 bridgehead atoms. The normalized spacial score (nSPS) is 27.0. The number of hydrogen-bond donors (Lipinski definition) is 1. The third kappa shape index (κ3) is 6.27. The molecule has 3 unspecified atom stereocenters. The van der Waals surface area contributed by atoms with Crippen LogP contribution in [-0.4, -0.2) is 25.8 Å². The summed E-state index contributed by atoms with van der Waals surface area (Å²) in [7, 11) is 1.81. The second-order valence-corrected chi connectivity index (χ2v) is 7.38. The summed E-state index contributed by atoms with van der Waals surface area (Å²) < 4.78 is 5.34. The maximum Gasteiger partial charge on any atom is 0.0615 e. The van der Waals surface area contributed by atoms with Crippen molar-refractivity contribution in [2.45, 2.75) is 84.7 Å². The van der Waals surface area contributed by atoms with Crippen molar-refractivity contribution in [2.24, 2.45) is 11.3 Å². The van der Waals surface area contributed by atoms with Gasteiger partial charge in [0.1, 0.15) is 0 Å². The molecule has 1 rings (SSSR count). The highest BCUT2D eigenvalue weighted by Gasteiger charge is 2.28. The van der Waals surface area contributed by atoms with Crippen molar-refractivity contribution in [3.05, 3.63) is 0 Å². The molecule has 0 radical (unpaired) electrons. The first-order valence-corrected chi connectivity index (χ1v) is 8.22. The lowest BCUT2D eigenvalue weighted by Crippen LogP contribution is -2.40. The van der Waals surface area contributed by atoms with Crippen LogP contribution in [0.5, 0.6) is 0 Å². The molecule has 19 heavy (non-hydrogen) atoms. The Hall–Kier alpha value is -0.0800. The number of ether oxygens (including phenoxy) is 1. The van der Waals surface area contributed by atoms with Gasteiger partial charge in [-0.2, -0.15) is 0 Å². The zero-order valence-electron chi connectivity index (χ0n) is 13.8. The van der Waals surface area contributed by atoms with Gasteiger partial charge in [-0.25, -0.2) is 0 Å². The molecule has 0 saturated heterocycles. The summed E-state index contributed by atoms with van der Waals surface area (Å²) in [5.74, 6) is 0.895. The van der Waals surface area contributed by atoms with E-state index in [1.54, 1.807) is 0 Å². The summed E-state index contributed by atoms with van der Waals surface area (Å²) in [6.45, 7) is 10.3. The van der Waals surface area contributed by atoms with Crippen LogP contribution in [0, 0.1) is 11.3 Å². The van der Waals surface area contributed by atoms with Crippen LogP contribution < -0.4 is 5.32 Å². The maximum atomic E-state index is 5.34. The van der Waals surface area contributed by atoms with Gasteiger partial charge >= 0.3 is 0 Å². The van der Waals surface area contributed by atoms with Crippen LogP contribution in [0.1, 0.15) is 72.6 Å². The molecule has 0 aromatic heterocycles. The van der Waals surface area contributed by atoms with Gasteiger partial charge in [0, 0.05) is 19.2 Å². The first-order chi connectivity index (χ1) is 8.97. The molecule has 0 aromatic carbocycles. The van der Waals surface area contributed by atoms with E-state index in [0.29, 0.717) is 17.5 Å². The molecule has 1 saturated carbocycles. The largest absolute Gasteiger partial charge is 0.383 e. The molecule has 0 heterocycles. The van der Waals surface area contributed by atoms with Gasteiger partial charge in [-0.1, -0.05) is 40.5 Å². The first-order valence-electron chi connectivity index (χ1n) is 8.22. The number of rotatable bonds is 6. The maximum absolute atomic E-state index is 5.34. The van der Waals surface area contributed by atoms with E-state index in [9.17, 15) is 0 Å². The van der Waals surface area contributed by atoms with Crippen molar-refractivity contribution in [1.82, 2.24) is 5.32 Å². The van der Waals surface area contributed by atoms with Crippen molar-refractivity contribution in [3.63, 3.8) is 0 Å². The Labute approximate surface area is 120 Å². The molecular weight excluding hydrogens is 234 g/mol. The molecule has 0 spiro atoms. The highest BCUT2D eigenvalue weighted by atomic mass is 16.5. The van der Waals surface area contributed by atoms with Crippen molar-refractivity contribution >= 4 is 0 Å². The van der Waals surface area contributed by atoms with Crippen LogP contribution in [0.3, 0.4) is 0 Å². The van der Waals surface area contributed by atoms with Crippen molar-refractivity contribution < 1.29 is 4.74 Å². The molecule has 2 heteroatoms. The SMILES string of the molecule is CCCC(COC)NC1CCCC(C(C)(C)C)CC1. The highest BCUT2D eigenvalue weighted by Crippen LogP contribution is 2.36. The second-order valence-electron chi connectivity index (χ2n) is 7.38. The minimum Gasteiger partial charge on any atom is -0.383 e. The molecule has 114 valence electrons. The Bertz CT molecular complexity index is 228. The zero-order valence-corrected chi connectivity index (χ0v) is 13.8. The van der Waals surface area contributed by atoms with E-state index >= 15 is 0 Å². The van der Waals surface area contributed by atoms with E-state index in [-0.39, 0.29) is 0 Å². The monoisotopic (exact) mass is 269 g/mol. The van der Waals surface area contributed by atoms with Gasteiger partial charge in [0.2, 0.25) is 0 Å². The van der Waals surface area contributed by atoms with Crippen molar-refractivity contribution in [3.8, 4) is 0 Å². The van der Waals surface area contributed by atoms with E-state index in [1.165, 1.54) is 44.9 Å². The Balaban J connectivity index is 2.43. The number of nitrogens with one attached hydrogen (secondary N) is 1. The Kier molecular flexibility index (Phi) is 7.38. The molecule has 1 N–H and O–H groups in total. The minimum absolute atomic E-state index is 0.476. The molecule has 1 fully saturated rings. The third-order valence-corrected chi connectivity index (χ3v) is 4.67. The summed E-state index contributed by atoms with van der Waals surface area (Å²) in [4.78, 5) is 0.